The van der Waals surface area contributed by atoms with Crippen molar-refractivity contribution < 1.29 is 4.79 Å². The fourth-order valence-corrected chi connectivity index (χ4v) is 2.80. The van der Waals surface area contributed by atoms with Crippen LogP contribution in [0, 0.1) is 13.8 Å². The lowest BCUT2D eigenvalue weighted by Crippen LogP contribution is -2.20. The van der Waals surface area contributed by atoms with E-state index in [0.717, 1.165) is 27.5 Å². The summed E-state index contributed by atoms with van der Waals surface area (Å²) in [5.74, 6) is -0.118. The molecule has 120 valence electrons. The first-order valence-electron chi connectivity index (χ1n) is 7.99. The van der Waals surface area contributed by atoms with E-state index in [4.69, 9.17) is 0 Å². The average molecular weight is 316 g/mol. The summed E-state index contributed by atoms with van der Waals surface area (Å²) in [5, 5.41) is 6.33. The lowest BCUT2D eigenvalue weighted by Gasteiger charge is -2.06. The minimum atomic E-state index is -0.118. The van der Waals surface area contributed by atoms with Gasteiger partial charge in [-0.3, -0.25) is 4.79 Å². The van der Waals surface area contributed by atoms with Gasteiger partial charge in [0.15, 0.2) is 0 Å². The fourth-order valence-electron chi connectivity index (χ4n) is 2.80. The molecule has 3 aromatic carbocycles. The third kappa shape index (κ3) is 3.69. The number of hydrogen-bond donors (Lipinski definition) is 1. The predicted octanol–water partition coefficient (Wildman–Crippen LogP) is 4.15. The van der Waals surface area contributed by atoms with Crippen LogP contribution in [0.15, 0.2) is 65.8 Å². The maximum Gasteiger partial charge on any atom is 0.244 e. The van der Waals surface area contributed by atoms with Crippen LogP contribution in [0.3, 0.4) is 0 Å². The van der Waals surface area contributed by atoms with Gasteiger partial charge in [0.1, 0.15) is 0 Å². The van der Waals surface area contributed by atoms with E-state index < -0.39 is 0 Å². The van der Waals surface area contributed by atoms with Crippen LogP contribution in [0.1, 0.15) is 22.3 Å². The third-order valence-electron chi connectivity index (χ3n) is 4.05. The number of fused-ring (bicyclic) bond motifs is 1. The van der Waals surface area contributed by atoms with Crippen molar-refractivity contribution in [3.8, 4) is 0 Å². The molecule has 0 fully saturated rings. The molecule has 1 N–H and O–H groups in total. The SMILES string of the molecule is Cc1ccc(/C=N/NC(=O)Cc2cccc3ccccc23)c(C)c1. The van der Waals surface area contributed by atoms with Crippen LogP contribution in [0.4, 0.5) is 0 Å². The average Bonchev–Trinajstić information content (AvgIpc) is 2.57. The van der Waals surface area contributed by atoms with Crippen molar-refractivity contribution in [2.45, 2.75) is 20.3 Å². The van der Waals surface area contributed by atoms with Crippen molar-refractivity contribution >= 4 is 22.9 Å². The fraction of sp³-hybridized carbons (Fsp3) is 0.143. The van der Waals surface area contributed by atoms with E-state index in [2.05, 4.69) is 35.7 Å². The van der Waals surface area contributed by atoms with Gasteiger partial charge in [0.25, 0.3) is 0 Å². The summed E-state index contributed by atoms with van der Waals surface area (Å²) in [6.07, 6.45) is 2.00. The molecule has 0 aliphatic carbocycles. The summed E-state index contributed by atoms with van der Waals surface area (Å²) < 4.78 is 0. The Morgan fingerprint density at radius 3 is 2.67 bits per heavy atom. The summed E-state index contributed by atoms with van der Waals surface area (Å²) in [6, 6.07) is 20.2. The molecule has 3 rings (SSSR count). The predicted molar refractivity (Wildman–Crippen MR) is 99.3 cm³/mol. The van der Waals surface area contributed by atoms with Gasteiger partial charge in [-0.25, -0.2) is 5.43 Å². The van der Waals surface area contributed by atoms with Crippen LogP contribution in [0.25, 0.3) is 10.8 Å². The van der Waals surface area contributed by atoms with Gasteiger partial charge < -0.3 is 0 Å². The maximum atomic E-state index is 12.2. The summed E-state index contributed by atoms with van der Waals surface area (Å²) in [7, 11) is 0. The lowest BCUT2D eigenvalue weighted by molar-refractivity contribution is -0.120. The van der Waals surface area contributed by atoms with Crippen LogP contribution in [0.2, 0.25) is 0 Å². The van der Waals surface area contributed by atoms with Crippen molar-refractivity contribution in [1.29, 1.82) is 0 Å². The van der Waals surface area contributed by atoms with Crippen molar-refractivity contribution in [3.63, 3.8) is 0 Å². The van der Waals surface area contributed by atoms with E-state index in [1.54, 1.807) is 6.21 Å². The van der Waals surface area contributed by atoms with Gasteiger partial charge in [-0.1, -0.05) is 66.2 Å². The zero-order chi connectivity index (χ0) is 16.9. The number of benzene rings is 3. The highest BCUT2D eigenvalue weighted by atomic mass is 16.2. The number of nitrogens with one attached hydrogen (secondary N) is 1. The van der Waals surface area contributed by atoms with Gasteiger partial charge in [0.2, 0.25) is 5.91 Å². The second-order valence-electron chi connectivity index (χ2n) is 5.97. The molecule has 0 bridgehead atoms. The van der Waals surface area contributed by atoms with E-state index in [9.17, 15) is 4.79 Å². The Hall–Kier alpha value is -2.94. The monoisotopic (exact) mass is 316 g/mol. The molecule has 0 aliphatic heterocycles. The van der Waals surface area contributed by atoms with Crippen LogP contribution in [-0.2, 0) is 11.2 Å². The number of rotatable bonds is 4. The largest absolute Gasteiger partial charge is 0.273 e. The molecule has 0 aromatic heterocycles. The van der Waals surface area contributed by atoms with E-state index in [1.165, 1.54) is 5.56 Å². The zero-order valence-electron chi connectivity index (χ0n) is 13.9. The molecule has 3 aromatic rings. The van der Waals surface area contributed by atoms with Crippen molar-refractivity contribution in [1.82, 2.24) is 5.43 Å². The molecule has 0 radical (unpaired) electrons. The Labute approximate surface area is 142 Å². The molecule has 3 nitrogen and oxygen atoms in total. The number of amides is 1. The zero-order valence-corrected chi connectivity index (χ0v) is 13.9. The van der Waals surface area contributed by atoms with Gasteiger partial charge in [-0.05, 0) is 41.3 Å². The maximum absolute atomic E-state index is 12.2. The highest BCUT2D eigenvalue weighted by Gasteiger charge is 2.06. The quantitative estimate of drug-likeness (QED) is 0.570. The molecular weight excluding hydrogens is 296 g/mol. The Morgan fingerprint density at radius 2 is 1.83 bits per heavy atom. The van der Waals surface area contributed by atoms with E-state index in [1.807, 2.05) is 49.4 Å². The molecule has 3 heteroatoms. The van der Waals surface area contributed by atoms with Gasteiger partial charge in [0.05, 0.1) is 12.6 Å². The van der Waals surface area contributed by atoms with Crippen LogP contribution >= 0.6 is 0 Å². The molecule has 0 unspecified atom stereocenters. The molecule has 0 spiro atoms. The van der Waals surface area contributed by atoms with Crippen molar-refractivity contribution in [3.05, 3.63) is 82.9 Å². The Morgan fingerprint density at radius 1 is 1.04 bits per heavy atom. The number of aryl methyl sites for hydroxylation is 2. The molecule has 1 amide bonds. The van der Waals surface area contributed by atoms with Gasteiger partial charge in [-0.15, -0.1) is 0 Å². The third-order valence-corrected chi connectivity index (χ3v) is 4.05. The minimum absolute atomic E-state index is 0.118. The molecule has 0 aliphatic rings. The topological polar surface area (TPSA) is 41.5 Å². The minimum Gasteiger partial charge on any atom is -0.273 e. The first-order valence-corrected chi connectivity index (χ1v) is 7.99. The summed E-state index contributed by atoms with van der Waals surface area (Å²) in [5.41, 5.74) is 6.98. The highest BCUT2D eigenvalue weighted by Crippen LogP contribution is 2.18. The number of carbonyl (C=O) groups excluding carboxylic acids is 1. The smallest absolute Gasteiger partial charge is 0.244 e. The van der Waals surface area contributed by atoms with Crippen molar-refractivity contribution in [2.75, 3.05) is 0 Å². The van der Waals surface area contributed by atoms with E-state index in [0.29, 0.717) is 6.42 Å². The summed E-state index contributed by atoms with van der Waals surface area (Å²) in [6.45, 7) is 4.09. The second-order valence-corrected chi connectivity index (χ2v) is 5.97. The van der Waals surface area contributed by atoms with Gasteiger partial charge in [0, 0.05) is 0 Å². The number of hydrogen-bond acceptors (Lipinski definition) is 2. The van der Waals surface area contributed by atoms with Crippen LogP contribution in [-0.4, -0.2) is 12.1 Å². The number of hydrazone groups is 1. The van der Waals surface area contributed by atoms with Gasteiger partial charge in [-0.2, -0.15) is 5.10 Å². The lowest BCUT2D eigenvalue weighted by atomic mass is 10.0. The summed E-state index contributed by atoms with van der Waals surface area (Å²) in [4.78, 5) is 12.2. The van der Waals surface area contributed by atoms with Gasteiger partial charge >= 0.3 is 0 Å². The number of nitrogens with zero attached hydrogens (tertiary/aromatic N) is 1. The normalized spacial score (nSPS) is 11.1. The first kappa shape index (κ1) is 15.9. The summed E-state index contributed by atoms with van der Waals surface area (Å²) >= 11 is 0. The Balaban J connectivity index is 1.68. The standard InChI is InChI=1S/C21H20N2O/c1-15-10-11-19(16(2)12-15)14-22-23-21(24)13-18-8-5-7-17-6-3-4-9-20(17)18/h3-12,14H,13H2,1-2H3,(H,23,24)/b22-14+. The Kier molecular flexibility index (Phi) is 4.71. The first-order chi connectivity index (χ1) is 11.6. The van der Waals surface area contributed by atoms with E-state index >= 15 is 0 Å². The molecular formula is C21H20N2O. The molecule has 0 atom stereocenters. The van der Waals surface area contributed by atoms with Crippen LogP contribution < -0.4 is 5.43 Å². The van der Waals surface area contributed by atoms with Crippen molar-refractivity contribution in [2.24, 2.45) is 5.10 Å². The second kappa shape index (κ2) is 7.09. The molecule has 0 saturated heterocycles. The van der Waals surface area contributed by atoms with E-state index in [-0.39, 0.29) is 5.91 Å². The molecule has 0 saturated carbocycles. The molecule has 0 heterocycles. The highest BCUT2D eigenvalue weighted by molar-refractivity contribution is 5.90. The molecule has 24 heavy (non-hydrogen) atoms. The van der Waals surface area contributed by atoms with Crippen LogP contribution in [0.5, 0.6) is 0 Å². The number of carbonyl (C=O) groups is 1. The Bertz CT molecular complexity index is 907.